The molecular weight excluding hydrogens is 420 g/mol. The minimum Gasteiger partial charge on any atom is -0.494 e. The Morgan fingerprint density at radius 3 is 2.26 bits per heavy atom. The second kappa shape index (κ2) is 9.69. The minimum absolute atomic E-state index is 0.0957. The van der Waals surface area contributed by atoms with Gasteiger partial charge in [-0.3, -0.25) is 9.48 Å². The standard InChI is InChI=1S/C21H30N4O5S/c1-5-29-18-7-9-19(10-8-18)30-15-20(26)24-11-6-12-25(14-13-24)31(27,28)21-16(2)22-23(4)17(21)3/h7-10H,5-6,11-15H2,1-4H3. The summed E-state index contributed by atoms with van der Waals surface area (Å²) in [6, 6.07) is 7.10. The number of amides is 1. The first-order valence-corrected chi connectivity index (χ1v) is 11.8. The Bertz CT molecular complexity index is 1020. The molecule has 1 aromatic carbocycles. The SMILES string of the molecule is CCOc1ccc(OCC(=O)N2CCCN(S(=O)(=O)c3c(C)nn(C)c3C)CC2)cc1. The zero-order valence-corrected chi connectivity index (χ0v) is 19.3. The monoisotopic (exact) mass is 450 g/mol. The fourth-order valence-corrected chi connectivity index (χ4v) is 5.54. The number of ether oxygens (including phenoxy) is 2. The van der Waals surface area contributed by atoms with Gasteiger partial charge in [0.15, 0.2) is 6.61 Å². The van der Waals surface area contributed by atoms with Crippen LogP contribution < -0.4 is 9.47 Å². The summed E-state index contributed by atoms with van der Waals surface area (Å²) in [7, 11) is -1.94. The number of sulfonamides is 1. The Kier molecular flexibility index (Phi) is 7.22. The normalized spacial score (nSPS) is 15.5. The van der Waals surface area contributed by atoms with E-state index >= 15 is 0 Å². The van der Waals surface area contributed by atoms with Gasteiger partial charge in [-0.05, 0) is 51.5 Å². The maximum absolute atomic E-state index is 13.2. The zero-order valence-electron chi connectivity index (χ0n) is 18.5. The lowest BCUT2D eigenvalue weighted by molar-refractivity contribution is -0.133. The van der Waals surface area contributed by atoms with Gasteiger partial charge >= 0.3 is 0 Å². The van der Waals surface area contributed by atoms with Gasteiger partial charge in [-0.1, -0.05) is 0 Å². The van der Waals surface area contributed by atoms with Crippen molar-refractivity contribution in [3.8, 4) is 11.5 Å². The summed E-state index contributed by atoms with van der Waals surface area (Å²) in [6.45, 7) is 7.26. The summed E-state index contributed by atoms with van der Waals surface area (Å²) in [5.74, 6) is 1.16. The van der Waals surface area contributed by atoms with Crippen LogP contribution in [0.4, 0.5) is 0 Å². The molecule has 10 heteroatoms. The van der Waals surface area contributed by atoms with Crippen molar-refractivity contribution in [2.24, 2.45) is 7.05 Å². The van der Waals surface area contributed by atoms with Crippen molar-refractivity contribution in [3.63, 3.8) is 0 Å². The van der Waals surface area contributed by atoms with Crippen molar-refractivity contribution >= 4 is 15.9 Å². The fraction of sp³-hybridized carbons (Fsp3) is 0.524. The Morgan fingerprint density at radius 2 is 1.68 bits per heavy atom. The highest BCUT2D eigenvalue weighted by atomic mass is 32.2. The topological polar surface area (TPSA) is 94.0 Å². The van der Waals surface area contributed by atoms with Crippen LogP contribution >= 0.6 is 0 Å². The van der Waals surface area contributed by atoms with E-state index in [1.807, 2.05) is 6.92 Å². The van der Waals surface area contributed by atoms with Gasteiger partial charge < -0.3 is 14.4 Å². The van der Waals surface area contributed by atoms with E-state index in [-0.39, 0.29) is 24.0 Å². The Labute approximate surface area is 183 Å². The largest absolute Gasteiger partial charge is 0.494 e. The quantitative estimate of drug-likeness (QED) is 0.638. The lowest BCUT2D eigenvalue weighted by Gasteiger charge is -2.22. The molecule has 0 radical (unpaired) electrons. The third-order valence-corrected chi connectivity index (χ3v) is 7.50. The van der Waals surface area contributed by atoms with Crippen LogP contribution in [0.1, 0.15) is 24.7 Å². The number of carbonyl (C=O) groups excluding carboxylic acids is 1. The second-order valence-electron chi connectivity index (χ2n) is 7.46. The molecule has 0 N–H and O–H groups in total. The highest BCUT2D eigenvalue weighted by Gasteiger charge is 2.32. The summed E-state index contributed by atoms with van der Waals surface area (Å²) < 4.78 is 40.4. The molecule has 1 aromatic heterocycles. The first kappa shape index (κ1) is 23.1. The smallest absolute Gasteiger partial charge is 0.260 e. The van der Waals surface area contributed by atoms with E-state index in [1.54, 1.807) is 54.7 Å². The lowest BCUT2D eigenvalue weighted by Crippen LogP contribution is -2.39. The molecule has 3 rings (SSSR count). The van der Waals surface area contributed by atoms with Gasteiger partial charge in [0, 0.05) is 33.2 Å². The molecule has 2 heterocycles. The average molecular weight is 451 g/mol. The zero-order chi connectivity index (χ0) is 22.6. The van der Waals surface area contributed by atoms with Crippen LogP contribution in [0.2, 0.25) is 0 Å². The molecular formula is C21H30N4O5S. The summed E-state index contributed by atoms with van der Waals surface area (Å²) >= 11 is 0. The van der Waals surface area contributed by atoms with Crippen molar-refractivity contribution in [3.05, 3.63) is 35.7 Å². The maximum Gasteiger partial charge on any atom is 0.260 e. The number of benzene rings is 1. The Balaban J connectivity index is 1.59. The summed E-state index contributed by atoms with van der Waals surface area (Å²) in [6.07, 6.45) is 0.562. The first-order chi connectivity index (χ1) is 14.7. The Morgan fingerprint density at radius 1 is 1.03 bits per heavy atom. The van der Waals surface area contributed by atoms with Gasteiger partial charge in [-0.15, -0.1) is 0 Å². The average Bonchev–Trinajstić information content (AvgIpc) is 2.91. The van der Waals surface area contributed by atoms with Gasteiger partial charge in [0.05, 0.1) is 18.0 Å². The third kappa shape index (κ3) is 5.19. The number of aryl methyl sites for hydroxylation is 2. The van der Waals surface area contributed by atoms with Crippen LogP contribution in [0.5, 0.6) is 11.5 Å². The van der Waals surface area contributed by atoms with Crippen LogP contribution in [0.15, 0.2) is 29.2 Å². The van der Waals surface area contributed by atoms with Crippen LogP contribution in [0, 0.1) is 13.8 Å². The molecule has 170 valence electrons. The van der Waals surface area contributed by atoms with E-state index in [2.05, 4.69) is 5.10 Å². The number of hydrogen-bond donors (Lipinski definition) is 0. The van der Waals surface area contributed by atoms with Crippen molar-refractivity contribution < 1.29 is 22.7 Å². The molecule has 0 unspecified atom stereocenters. The van der Waals surface area contributed by atoms with Crippen LogP contribution in [0.25, 0.3) is 0 Å². The van der Waals surface area contributed by atoms with Gasteiger partial charge in [0.1, 0.15) is 16.4 Å². The molecule has 1 saturated heterocycles. The predicted molar refractivity (Wildman–Crippen MR) is 116 cm³/mol. The van der Waals surface area contributed by atoms with E-state index in [4.69, 9.17) is 9.47 Å². The van der Waals surface area contributed by atoms with E-state index in [0.717, 1.165) is 5.75 Å². The Hall–Kier alpha value is -2.59. The molecule has 0 spiro atoms. The van der Waals surface area contributed by atoms with Gasteiger partial charge in [0.25, 0.3) is 5.91 Å². The van der Waals surface area contributed by atoms with Gasteiger partial charge in [0.2, 0.25) is 10.0 Å². The second-order valence-corrected chi connectivity index (χ2v) is 9.33. The van der Waals surface area contributed by atoms with Crippen LogP contribution in [-0.2, 0) is 21.9 Å². The van der Waals surface area contributed by atoms with Crippen molar-refractivity contribution in [1.29, 1.82) is 0 Å². The lowest BCUT2D eigenvalue weighted by atomic mass is 10.3. The molecule has 31 heavy (non-hydrogen) atoms. The molecule has 1 aliphatic rings. The van der Waals surface area contributed by atoms with Crippen LogP contribution in [-0.4, -0.2) is 72.7 Å². The molecule has 1 aliphatic heterocycles. The molecule has 0 bridgehead atoms. The molecule has 2 aromatic rings. The fourth-order valence-electron chi connectivity index (χ4n) is 3.68. The number of hydrogen-bond acceptors (Lipinski definition) is 6. The highest BCUT2D eigenvalue weighted by molar-refractivity contribution is 7.89. The number of rotatable bonds is 7. The number of nitrogens with zero attached hydrogens (tertiary/aromatic N) is 4. The van der Waals surface area contributed by atoms with Crippen molar-refractivity contribution in [2.45, 2.75) is 32.1 Å². The van der Waals surface area contributed by atoms with E-state index in [1.165, 1.54) is 4.31 Å². The van der Waals surface area contributed by atoms with E-state index in [9.17, 15) is 13.2 Å². The van der Waals surface area contributed by atoms with Gasteiger partial charge in [-0.2, -0.15) is 9.40 Å². The minimum atomic E-state index is -3.67. The maximum atomic E-state index is 13.2. The third-order valence-electron chi connectivity index (χ3n) is 5.35. The molecule has 0 saturated carbocycles. The summed E-state index contributed by atoms with van der Waals surface area (Å²) in [4.78, 5) is 14.5. The number of aromatic nitrogens is 2. The number of carbonyl (C=O) groups is 1. The van der Waals surface area contributed by atoms with Crippen LogP contribution in [0.3, 0.4) is 0 Å². The molecule has 1 fully saturated rings. The van der Waals surface area contributed by atoms with Crippen molar-refractivity contribution in [1.82, 2.24) is 19.0 Å². The van der Waals surface area contributed by atoms with E-state index in [0.29, 0.717) is 49.8 Å². The summed E-state index contributed by atoms with van der Waals surface area (Å²) in [5, 5.41) is 4.23. The molecule has 1 amide bonds. The van der Waals surface area contributed by atoms with Crippen molar-refractivity contribution in [2.75, 3.05) is 39.4 Å². The first-order valence-electron chi connectivity index (χ1n) is 10.4. The molecule has 0 atom stereocenters. The predicted octanol–water partition coefficient (Wildman–Crippen LogP) is 1.74. The molecule has 9 nitrogen and oxygen atoms in total. The highest BCUT2D eigenvalue weighted by Crippen LogP contribution is 2.24. The van der Waals surface area contributed by atoms with E-state index < -0.39 is 10.0 Å². The molecule has 0 aliphatic carbocycles. The summed E-state index contributed by atoms with van der Waals surface area (Å²) in [5.41, 5.74) is 1.10. The van der Waals surface area contributed by atoms with Gasteiger partial charge in [-0.25, -0.2) is 8.42 Å².